The fraction of sp³-hybridized carbons (Fsp3) is 0.429. The SMILES string of the molecule is CC(C)C[C@H](NC(=O)NCc1ccccc1F)C(=O)NO. The van der Waals surface area contributed by atoms with Crippen molar-refractivity contribution in [2.45, 2.75) is 32.9 Å². The molecule has 3 amide bonds. The standard InChI is InChI=1S/C14H20FN3O3/c1-9(2)7-12(13(19)18-21)17-14(20)16-8-10-5-3-4-6-11(10)15/h3-6,9,12,21H,7-8H2,1-2H3,(H,18,19)(H2,16,17,20)/t12-/m0/s1. The Hall–Kier alpha value is -2.15. The van der Waals surface area contributed by atoms with Gasteiger partial charge < -0.3 is 10.6 Å². The summed E-state index contributed by atoms with van der Waals surface area (Å²) in [5, 5.41) is 13.6. The normalized spacial score (nSPS) is 11.9. The summed E-state index contributed by atoms with van der Waals surface area (Å²) in [7, 11) is 0. The van der Waals surface area contributed by atoms with Crippen molar-refractivity contribution in [2.75, 3.05) is 0 Å². The molecule has 0 fully saturated rings. The average molecular weight is 297 g/mol. The number of halogens is 1. The van der Waals surface area contributed by atoms with Crippen molar-refractivity contribution in [1.82, 2.24) is 16.1 Å². The lowest BCUT2D eigenvalue weighted by atomic mass is 10.0. The topological polar surface area (TPSA) is 90.5 Å². The molecule has 21 heavy (non-hydrogen) atoms. The molecule has 6 nitrogen and oxygen atoms in total. The maximum atomic E-state index is 13.4. The van der Waals surface area contributed by atoms with Crippen LogP contribution < -0.4 is 16.1 Å². The molecule has 0 aromatic heterocycles. The highest BCUT2D eigenvalue weighted by atomic mass is 19.1. The van der Waals surface area contributed by atoms with E-state index < -0.39 is 23.8 Å². The van der Waals surface area contributed by atoms with E-state index in [1.807, 2.05) is 13.8 Å². The van der Waals surface area contributed by atoms with Crippen LogP contribution in [0.4, 0.5) is 9.18 Å². The van der Waals surface area contributed by atoms with Gasteiger partial charge in [0.2, 0.25) is 0 Å². The summed E-state index contributed by atoms with van der Waals surface area (Å²) < 4.78 is 13.4. The third-order valence-electron chi connectivity index (χ3n) is 2.84. The Bertz CT molecular complexity index is 494. The number of hydrogen-bond acceptors (Lipinski definition) is 3. The smallest absolute Gasteiger partial charge is 0.315 e. The number of carbonyl (C=O) groups excluding carboxylic acids is 2. The van der Waals surface area contributed by atoms with E-state index in [9.17, 15) is 14.0 Å². The van der Waals surface area contributed by atoms with Gasteiger partial charge in [0, 0.05) is 12.1 Å². The molecule has 7 heteroatoms. The van der Waals surface area contributed by atoms with Gasteiger partial charge in [-0.3, -0.25) is 10.0 Å². The third-order valence-corrected chi connectivity index (χ3v) is 2.84. The predicted octanol–water partition coefficient (Wildman–Crippen LogP) is 1.54. The number of hydrogen-bond donors (Lipinski definition) is 4. The minimum Gasteiger partial charge on any atom is -0.334 e. The molecule has 116 valence electrons. The summed E-state index contributed by atoms with van der Waals surface area (Å²) in [6.07, 6.45) is 0.375. The number of nitrogens with one attached hydrogen (secondary N) is 3. The van der Waals surface area contributed by atoms with Gasteiger partial charge in [0.05, 0.1) is 0 Å². The summed E-state index contributed by atoms with van der Waals surface area (Å²) in [5.74, 6) is -0.950. The van der Waals surface area contributed by atoms with E-state index in [-0.39, 0.29) is 12.5 Å². The fourth-order valence-electron chi connectivity index (χ4n) is 1.81. The number of benzene rings is 1. The average Bonchev–Trinajstić information content (AvgIpc) is 2.44. The number of urea groups is 1. The van der Waals surface area contributed by atoms with Crippen LogP contribution >= 0.6 is 0 Å². The molecule has 1 aromatic carbocycles. The van der Waals surface area contributed by atoms with Gasteiger partial charge in [0.15, 0.2) is 0 Å². The highest BCUT2D eigenvalue weighted by Crippen LogP contribution is 2.06. The van der Waals surface area contributed by atoms with Crippen LogP contribution in [0.1, 0.15) is 25.8 Å². The largest absolute Gasteiger partial charge is 0.334 e. The van der Waals surface area contributed by atoms with E-state index >= 15 is 0 Å². The Morgan fingerprint density at radius 1 is 1.29 bits per heavy atom. The van der Waals surface area contributed by atoms with Gasteiger partial charge in [0.25, 0.3) is 5.91 Å². The van der Waals surface area contributed by atoms with Crippen LogP contribution in [0.25, 0.3) is 0 Å². The molecule has 0 saturated carbocycles. The highest BCUT2D eigenvalue weighted by Gasteiger charge is 2.21. The summed E-state index contributed by atoms with van der Waals surface area (Å²) >= 11 is 0. The Balaban J connectivity index is 2.54. The summed E-state index contributed by atoms with van der Waals surface area (Å²) in [5.41, 5.74) is 1.86. The summed E-state index contributed by atoms with van der Waals surface area (Å²) in [4.78, 5) is 23.2. The lowest BCUT2D eigenvalue weighted by Gasteiger charge is -2.19. The Morgan fingerprint density at radius 2 is 1.95 bits per heavy atom. The van der Waals surface area contributed by atoms with E-state index in [0.29, 0.717) is 12.0 Å². The molecule has 1 aromatic rings. The molecule has 0 bridgehead atoms. The van der Waals surface area contributed by atoms with E-state index in [4.69, 9.17) is 5.21 Å². The van der Waals surface area contributed by atoms with Crippen LogP contribution in [0.2, 0.25) is 0 Å². The molecule has 0 aliphatic rings. The van der Waals surface area contributed by atoms with E-state index in [1.165, 1.54) is 11.5 Å². The Morgan fingerprint density at radius 3 is 2.52 bits per heavy atom. The van der Waals surface area contributed by atoms with E-state index in [0.717, 1.165) is 0 Å². The van der Waals surface area contributed by atoms with Crippen molar-refractivity contribution in [3.63, 3.8) is 0 Å². The lowest BCUT2D eigenvalue weighted by Crippen LogP contribution is -2.49. The lowest BCUT2D eigenvalue weighted by molar-refractivity contribution is -0.131. The minimum atomic E-state index is -0.851. The molecule has 0 heterocycles. The second-order valence-corrected chi connectivity index (χ2v) is 5.08. The molecule has 4 N–H and O–H groups in total. The van der Waals surface area contributed by atoms with Crippen LogP contribution in [0, 0.1) is 11.7 Å². The van der Waals surface area contributed by atoms with Gasteiger partial charge >= 0.3 is 6.03 Å². The molecular weight excluding hydrogens is 277 g/mol. The minimum absolute atomic E-state index is 0.00759. The second-order valence-electron chi connectivity index (χ2n) is 5.08. The van der Waals surface area contributed by atoms with Gasteiger partial charge in [-0.05, 0) is 18.4 Å². The van der Waals surface area contributed by atoms with Crippen molar-refractivity contribution in [3.05, 3.63) is 35.6 Å². The second kappa shape index (κ2) is 8.21. The summed E-state index contributed by atoms with van der Waals surface area (Å²) in [6.45, 7) is 3.78. The molecule has 0 aliphatic heterocycles. The zero-order chi connectivity index (χ0) is 15.8. The van der Waals surface area contributed by atoms with Crippen molar-refractivity contribution in [1.29, 1.82) is 0 Å². The fourth-order valence-corrected chi connectivity index (χ4v) is 1.81. The van der Waals surface area contributed by atoms with Crippen molar-refractivity contribution < 1.29 is 19.2 Å². The number of rotatable bonds is 6. The molecule has 1 rings (SSSR count). The summed E-state index contributed by atoms with van der Waals surface area (Å²) in [6, 6.07) is 4.63. The van der Waals surface area contributed by atoms with Crippen molar-refractivity contribution in [2.24, 2.45) is 5.92 Å². The number of carbonyl (C=O) groups is 2. The molecule has 0 unspecified atom stereocenters. The van der Waals surface area contributed by atoms with Crippen molar-refractivity contribution in [3.8, 4) is 0 Å². The zero-order valence-electron chi connectivity index (χ0n) is 12.0. The monoisotopic (exact) mass is 297 g/mol. The first-order chi connectivity index (χ1) is 9.93. The maximum Gasteiger partial charge on any atom is 0.315 e. The van der Waals surface area contributed by atoms with Crippen LogP contribution in [0.5, 0.6) is 0 Å². The predicted molar refractivity (Wildman–Crippen MR) is 74.9 cm³/mol. The molecule has 0 aliphatic carbocycles. The van der Waals surface area contributed by atoms with E-state index in [2.05, 4.69) is 10.6 Å². The van der Waals surface area contributed by atoms with Gasteiger partial charge in [-0.15, -0.1) is 0 Å². The van der Waals surface area contributed by atoms with Crippen LogP contribution in [0.3, 0.4) is 0 Å². The third kappa shape index (κ3) is 5.78. The highest BCUT2D eigenvalue weighted by molar-refractivity contribution is 5.86. The Kier molecular flexibility index (Phi) is 6.61. The van der Waals surface area contributed by atoms with Crippen LogP contribution in [-0.2, 0) is 11.3 Å². The molecule has 0 spiro atoms. The molecular formula is C14H20FN3O3. The number of hydroxylamine groups is 1. The first-order valence-electron chi connectivity index (χ1n) is 6.65. The van der Waals surface area contributed by atoms with Gasteiger partial charge in [-0.1, -0.05) is 32.0 Å². The van der Waals surface area contributed by atoms with Gasteiger partial charge in [-0.2, -0.15) is 0 Å². The quantitative estimate of drug-likeness (QED) is 0.474. The zero-order valence-corrected chi connectivity index (χ0v) is 12.0. The van der Waals surface area contributed by atoms with Crippen LogP contribution in [0.15, 0.2) is 24.3 Å². The van der Waals surface area contributed by atoms with Gasteiger partial charge in [-0.25, -0.2) is 14.7 Å². The molecule has 0 radical (unpaired) electrons. The van der Waals surface area contributed by atoms with Crippen LogP contribution in [-0.4, -0.2) is 23.2 Å². The molecule has 0 saturated heterocycles. The molecule has 1 atom stereocenters. The Labute approximate surface area is 122 Å². The number of amides is 3. The maximum absolute atomic E-state index is 13.4. The first kappa shape index (κ1) is 16.9. The first-order valence-corrected chi connectivity index (χ1v) is 6.65. The van der Waals surface area contributed by atoms with E-state index in [1.54, 1.807) is 18.2 Å². The van der Waals surface area contributed by atoms with Crippen molar-refractivity contribution >= 4 is 11.9 Å². The van der Waals surface area contributed by atoms with Gasteiger partial charge in [0.1, 0.15) is 11.9 Å².